The van der Waals surface area contributed by atoms with Crippen LogP contribution in [0, 0.1) is 0 Å². The van der Waals surface area contributed by atoms with Crippen molar-refractivity contribution in [3.8, 4) is 10.9 Å². The summed E-state index contributed by atoms with van der Waals surface area (Å²) in [7, 11) is 0. The summed E-state index contributed by atoms with van der Waals surface area (Å²) in [5.74, 6) is -0.269. The molecule has 0 bridgehead atoms. The van der Waals surface area contributed by atoms with Gasteiger partial charge in [-0.3, -0.25) is 9.69 Å². The molecule has 1 aliphatic rings. The van der Waals surface area contributed by atoms with Crippen LogP contribution in [0.2, 0.25) is 0 Å². The van der Waals surface area contributed by atoms with Crippen LogP contribution in [0.15, 0.2) is 72.8 Å². The number of carboxylic acids is 1. The number of carboxylic acid groups (broad SMARTS) is 1. The molecule has 0 aliphatic carbocycles. The van der Waals surface area contributed by atoms with Crippen LogP contribution in [-0.4, -0.2) is 64.5 Å². The monoisotopic (exact) mass is 487 g/mol. The fourth-order valence-corrected chi connectivity index (χ4v) is 4.95. The SMILES string of the molecule is O=C(O)c1ccc(C(=O)N2CCN(CCc3ccc(Oc4nc5ccccc5s4)cc3)CC2)cc1. The molecule has 0 saturated carbocycles. The molecule has 4 aromatic rings. The van der Waals surface area contributed by atoms with Crippen LogP contribution in [0.4, 0.5) is 0 Å². The van der Waals surface area contributed by atoms with Crippen LogP contribution in [0.25, 0.3) is 10.2 Å². The van der Waals surface area contributed by atoms with Crippen molar-refractivity contribution in [1.29, 1.82) is 0 Å². The first-order chi connectivity index (χ1) is 17.0. The van der Waals surface area contributed by atoms with E-state index in [4.69, 9.17) is 9.84 Å². The van der Waals surface area contributed by atoms with Crippen molar-refractivity contribution in [2.45, 2.75) is 6.42 Å². The Bertz CT molecular complexity index is 1290. The highest BCUT2D eigenvalue weighted by molar-refractivity contribution is 7.20. The molecule has 1 aliphatic heterocycles. The lowest BCUT2D eigenvalue weighted by Gasteiger charge is -2.34. The lowest BCUT2D eigenvalue weighted by Crippen LogP contribution is -2.49. The Balaban J connectivity index is 1.09. The molecule has 1 saturated heterocycles. The summed E-state index contributed by atoms with van der Waals surface area (Å²) in [5, 5.41) is 9.66. The van der Waals surface area contributed by atoms with Crippen LogP contribution in [0.3, 0.4) is 0 Å². The number of carbonyl (C=O) groups is 2. The van der Waals surface area contributed by atoms with Crippen molar-refractivity contribution < 1.29 is 19.4 Å². The zero-order valence-corrected chi connectivity index (χ0v) is 19.9. The number of carbonyl (C=O) groups excluding carboxylic acids is 1. The minimum absolute atomic E-state index is 0.0506. The zero-order chi connectivity index (χ0) is 24.2. The molecule has 35 heavy (non-hydrogen) atoms. The smallest absolute Gasteiger partial charge is 0.335 e. The first kappa shape index (κ1) is 23.0. The Hall–Kier alpha value is -3.75. The second-order valence-corrected chi connectivity index (χ2v) is 9.45. The largest absolute Gasteiger partial charge is 0.478 e. The van der Waals surface area contributed by atoms with Crippen LogP contribution >= 0.6 is 11.3 Å². The van der Waals surface area contributed by atoms with Gasteiger partial charge in [-0.2, -0.15) is 0 Å². The third-order valence-electron chi connectivity index (χ3n) is 6.16. The molecule has 0 unspecified atom stereocenters. The van der Waals surface area contributed by atoms with Gasteiger partial charge < -0.3 is 14.7 Å². The molecule has 2 heterocycles. The number of thiazole rings is 1. The van der Waals surface area contributed by atoms with Crippen molar-refractivity contribution in [3.05, 3.63) is 89.5 Å². The molecule has 7 nitrogen and oxygen atoms in total. The highest BCUT2D eigenvalue weighted by Gasteiger charge is 2.22. The molecule has 1 amide bonds. The molecule has 0 atom stereocenters. The number of benzene rings is 3. The fourth-order valence-electron chi connectivity index (χ4n) is 4.12. The van der Waals surface area contributed by atoms with Gasteiger partial charge in [0.05, 0.1) is 15.8 Å². The summed E-state index contributed by atoms with van der Waals surface area (Å²) in [4.78, 5) is 32.4. The number of hydrogen-bond donors (Lipinski definition) is 1. The summed E-state index contributed by atoms with van der Waals surface area (Å²) in [6.07, 6.45) is 0.923. The molecule has 178 valence electrons. The summed E-state index contributed by atoms with van der Waals surface area (Å²) in [5.41, 5.74) is 2.89. The Labute approximate surface area is 207 Å². The molecule has 1 fully saturated rings. The molecule has 3 aromatic carbocycles. The predicted molar refractivity (Wildman–Crippen MR) is 136 cm³/mol. The minimum Gasteiger partial charge on any atom is -0.478 e. The van der Waals surface area contributed by atoms with E-state index in [0.717, 1.165) is 42.0 Å². The number of aromatic carboxylic acids is 1. The van der Waals surface area contributed by atoms with Gasteiger partial charge in [-0.15, -0.1) is 0 Å². The van der Waals surface area contributed by atoms with Crippen LogP contribution < -0.4 is 4.74 Å². The van der Waals surface area contributed by atoms with E-state index in [2.05, 4.69) is 22.0 Å². The second-order valence-electron chi connectivity index (χ2n) is 8.46. The third-order valence-corrected chi connectivity index (χ3v) is 7.07. The van der Waals surface area contributed by atoms with Gasteiger partial charge in [-0.1, -0.05) is 35.6 Å². The van der Waals surface area contributed by atoms with Crippen molar-refractivity contribution in [3.63, 3.8) is 0 Å². The summed E-state index contributed by atoms with van der Waals surface area (Å²) in [6, 6.07) is 22.2. The van der Waals surface area contributed by atoms with Crippen LogP contribution in [0.5, 0.6) is 10.9 Å². The van der Waals surface area contributed by atoms with Gasteiger partial charge in [-0.25, -0.2) is 9.78 Å². The fraction of sp³-hybridized carbons (Fsp3) is 0.222. The van der Waals surface area contributed by atoms with Crippen molar-refractivity contribution in [2.24, 2.45) is 0 Å². The van der Waals surface area contributed by atoms with E-state index in [0.29, 0.717) is 23.8 Å². The van der Waals surface area contributed by atoms with E-state index >= 15 is 0 Å². The minimum atomic E-state index is -0.993. The summed E-state index contributed by atoms with van der Waals surface area (Å²) in [6.45, 7) is 3.88. The average molecular weight is 488 g/mol. The molecule has 1 aromatic heterocycles. The van der Waals surface area contributed by atoms with Gasteiger partial charge >= 0.3 is 5.97 Å². The third kappa shape index (κ3) is 5.50. The quantitative estimate of drug-likeness (QED) is 0.404. The van der Waals surface area contributed by atoms with Crippen molar-refractivity contribution in [1.82, 2.24) is 14.8 Å². The van der Waals surface area contributed by atoms with Gasteiger partial charge in [-0.05, 0) is 60.5 Å². The summed E-state index contributed by atoms with van der Waals surface area (Å²) >= 11 is 1.54. The maximum Gasteiger partial charge on any atom is 0.335 e. The van der Waals surface area contributed by atoms with Gasteiger partial charge in [0.2, 0.25) is 0 Å². The number of piperazine rings is 1. The standard InChI is InChI=1S/C27H25N3O4S/c31-25(20-7-9-21(10-8-20)26(32)33)30-17-15-29(16-18-30)14-13-19-5-11-22(12-6-19)34-27-28-23-3-1-2-4-24(23)35-27/h1-12H,13-18H2,(H,32,33). The Morgan fingerprint density at radius 2 is 1.57 bits per heavy atom. The maximum absolute atomic E-state index is 12.7. The lowest BCUT2D eigenvalue weighted by molar-refractivity contribution is 0.0636. The topological polar surface area (TPSA) is 83.0 Å². The highest BCUT2D eigenvalue weighted by atomic mass is 32.1. The van der Waals surface area contributed by atoms with Crippen molar-refractivity contribution in [2.75, 3.05) is 32.7 Å². The van der Waals surface area contributed by atoms with E-state index in [1.54, 1.807) is 12.1 Å². The first-order valence-electron chi connectivity index (χ1n) is 11.5. The van der Waals surface area contributed by atoms with E-state index in [-0.39, 0.29) is 11.5 Å². The average Bonchev–Trinajstić information content (AvgIpc) is 3.30. The second kappa shape index (κ2) is 10.2. The highest BCUT2D eigenvalue weighted by Crippen LogP contribution is 2.31. The van der Waals surface area contributed by atoms with Gasteiger partial charge in [0.25, 0.3) is 11.1 Å². The maximum atomic E-state index is 12.7. The lowest BCUT2D eigenvalue weighted by atomic mass is 10.1. The number of para-hydroxylation sites is 1. The number of fused-ring (bicyclic) bond motifs is 1. The van der Waals surface area contributed by atoms with Gasteiger partial charge in [0.15, 0.2) is 0 Å². The van der Waals surface area contributed by atoms with Crippen LogP contribution in [0.1, 0.15) is 26.3 Å². The molecule has 1 N–H and O–H groups in total. The molecule has 0 radical (unpaired) electrons. The van der Waals surface area contributed by atoms with Crippen LogP contribution in [-0.2, 0) is 6.42 Å². The van der Waals surface area contributed by atoms with Crippen molar-refractivity contribution >= 4 is 33.4 Å². The Morgan fingerprint density at radius 1 is 0.886 bits per heavy atom. The first-order valence-corrected chi connectivity index (χ1v) is 12.3. The van der Waals surface area contributed by atoms with E-state index < -0.39 is 5.97 Å². The number of nitrogens with zero attached hydrogens (tertiary/aromatic N) is 3. The molecular weight excluding hydrogens is 462 g/mol. The number of aromatic nitrogens is 1. The number of ether oxygens (including phenoxy) is 1. The Kier molecular flexibility index (Phi) is 6.74. The zero-order valence-electron chi connectivity index (χ0n) is 19.1. The molecular formula is C27H25N3O4S. The number of amides is 1. The van der Waals surface area contributed by atoms with E-state index in [1.165, 1.54) is 29.0 Å². The molecule has 8 heteroatoms. The normalized spacial score (nSPS) is 14.2. The molecule has 0 spiro atoms. The number of hydrogen-bond acceptors (Lipinski definition) is 6. The predicted octanol–water partition coefficient (Wildman–Crippen LogP) is 4.79. The van der Waals surface area contributed by atoms with Gasteiger partial charge in [0.1, 0.15) is 5.75 Å². The van der Waals surface area contributed by atoms with E-state index in [1.807, 2.05) is 41.3 Å². The Morgan fingerprint density at radius 3 is 2.26 bits per heavy atom. The van der Waals surface area contributed by atoms with E-state index in [9.17, 15) is 9.59 Å². The van der Waals surface area contributed by atoms with Gasteiger partial charge in [0, 0.05) is 38.3 Å². The number of rotatable bonds is 7. The molecule has 5 rings (SSSR count). The summed E-state index contributed by atoms with van der Waals surface area (Å²) < 4.78 is 7.04.